The van der Waals surface area contributed by atoms with E-state index in [1.807, 2.05) is 19.2 Å². The summed E-state index contributed by atoms with van der Waals surface area (Å²) >= 11 is 0. The van der Waals surface area contributed by atoms with Gasteiger partial charge in [0.05, 0.1) is 0 Å². The number of carbonyl (C=O) groups is 1. The fourth-order valence-electron chi connectivity index (χ4n) is 2.21. The zero-order valence-corrected chi connectivity index (χ0v) is 12.5. The molecule has 0 unspecified atom stereocenters. The lowest BCUT2D eigenvalue weighted by Gasteiger charge is -2.09. The SMILES string of the molecule is CNc1ccc(C(=O)NCc2cc(C)c(F)c(C)c2)cc1. The van der Waals surface area contributed by atoms with Crippen molar-refractivity contribution in [2.45, 2.75) is 20.4 Å². The van der Waals surface area contributed by atoms with Crippen molar-refractivity contribution in [3.8, 4) is 0 Å². The van der Waals surface area contributed by atoms with Crippen LogP contribution in [0.5, 0.6) is 0 Å². The Hall–Kier alpha value is -2.36. The minimum atomic E-state index is -0.187. The van der Waals surface area contributed by atoms with E-state index < -0.39 is 0 Å². The maximum absolute atomic E-state index is 13.6. The molecule has 0 saturated heterocycles. The van der Waals surface area contributed by atoms with Gasteiger partial charge in [-0.25, -0.2) is 4.39 Å². The van der Waals surface area contributed by atoms with Crippen molar-refractivity contribution in [2.24, 2.45) is 0 Å². The van der Waals surface area contributed by atoms with Crippen LogP contribution in [0, 0.1) is 19.7 Å². The number of hydrogen-bond donors (Lipinski definition) is 2. The van der Waals surface area contributed by atoms with Gasteiger partial charge in [-0.1, -0.05) is 12.1 Å². The summed E-state index contributed by atoms with van der Waals surface area (Å²) in [5, 5.41) is 5.85. The Balaban J connectivity index is 2.03. The molecule has 0 fully saturated rings. The van der Waals surface area contributed by atoms with Crippen LogP contribution in [0.15, 0.2) is 36.4 Å². The smallest absolute Gasteiger partial charge is 0.251 e. The molecule has 0 aromatic heterocycles. The lowest BCUT2D eigenvalue weighted by molar-refractivity contribution is 0.0951. The van der Waals surface area contributed by atoms with Gasteiger partial charge in [0.2, 0.25) is 0 Å². The maximum atomic E-state index is 13.6. The molecule has 3 nitrogen and oxygen atoms in total. The van der Waals surface area contributed by atoms with E-state index in [0.717, 1.165) is 11.3 Å². The molecule has 2 rings (SSSR count). The summed E-state index contributed by atoms with van der Waals surface area (Å²) in [5.41, 5.74) is 3.64. The minimum absolute atomic E-state index is 0.141. The van der Waals surface area contributed by atoms with Gasteiger partial charge in [0.15, 0.2) is 0 Å². The summed E-state index contributed by atoms with van der Waals surface area (Å²) in [6, 6.07) is 10.7. The van der Waals surface area contributed by atoms with Crippen molar-refractivity contribution in [3.63, 3.8) is 0 Å². The lowest BCUT2D eigenvalue weighted by Crippen LogP contribution is -2.22. The van der Waals surface area contributed by atoms with Crippen LogP contribution in [0.2, 0.25) is 0 Å². The first-order valence-electron chi connectivity index (χ1n) is 6.83. The average molecular weight is 286 g/mol. The number of nitrogens with one attached hydrogen (secondary N) is 2. The number of anilines is 1. The van der Waals surface area contributed by atoms with Crippen LogP contribution in [0.25, 0.3) is 0 Å². The third-order valence-corrected chi connectivity index (χ3v) is 3.39. The number of rotatable bonds is 4. The second-order valence-corrected chi connectivity index (χ2v) is 5.05. The monoisotopic (exact) mass is 286 g/mol. The van der Waals surface area contributed by atoms with E-state index >= 15 is 0 Å². The van der Waals surface area contributed by atoms with E-state index in [4.69, 9.17) is 0 Å². The summed E-state index contributed by atoms with van der Waals surface area (Å²) in [6.45, 7) is 3.84. The molecule has 0 bridgehead atoms. The molecule has 0 radical (unpaired) electrons. The summed E-state index contributed by atoms with van der Waals surface area (Å²) in [6.07, 6.45) is 0. The predicted molar refractivity (Wildman–Crippen MR) is 83.0 cm³/mol. The third-order valence-electron chi connectivity index (χ3n) is 3.39. The second kappa shape index (κ2) is 6.39. The second-order valence-electron chi connectivity index (χ2n) is 5.05. The molecule has 0 atom stereocenters. The van der Waals surface area contributed by atoms with Crippen LogP contribution in [-0.4, -0.2) is 13.0 Å². The zero-order chi connectivity index (χ0) is 15.4. The highest BCUT2D eigenvalue weighted by molar-refractivity contribution is 5.94. The summed E-state index contributed by atoms with van der Waals surface area (Å²) in [5.74, 6) is -0.329. The first-order valence-corrected chi connectivity index (χ1v) is 6.83. The molecule has 4 heteroatoms. The molecule has 110 valence electrons. The Morgan fingerprint density at radius 3 is 2.19 bits per heavy atom. The molecule has 2 aromatic carbocycles. The molecule has 2 aromatic rings. The molecule has 2 N–H and O–H groups in total. The van der Waals surface area contributed by atoms with Gasteiger partial charge in [0, 0.05) is 24.8 Å². The van der Waals surface area contributed by atoms with E-state index in [0.29, 0.717) is 23.2 Å². The van der Waals surface area contributed by atoms with Crippen molar-refractivity contribution < 1.29 is 9.18 Å². The van der Waals surface area contributed by atoms with Gasteiger partial charge in [-0.15, -0.1) is 0 Å². The largest absolute Gasteiger partial charge is 0.388 e. The van der Waals surface area contributed by atoms with Gasteiger partial charge in [-0.05, 0) is 54.8 Å². The van der Waals surface area contributed by atoms with Crippen LogP contribution in [0.3, 0.4) is 0 Å². The Morgan fingerprint density at radius 1 is 1.10 bits per heavy atom. The number of benzene rings is 2. The van der Waals surface area contributed by atoms with Gasteiger partial charge < -0.3 is 10.6 Å². The predicted octanol–water partition coefficient (Wildman–Crippen LogP) is 3.41. The normalized spacial score (nSPS) is 10.3. The van der Waals surface area contributed by atoms with Crippen molar-refractivity contribution in [1.82, 2.24) is 5.32 Å². The molecule has 0 saturated carbocycles. The molecule has 0 aliphatic rings. The topological polar surface area (TPSA) is 41.1 Å². The zero-order valence-electron chi connectivity index (χ0n) is 12.5. The summed E-state index contributed by atoms with van der Waals surface area (Å²) < 4.78 is 13.6. The third kappa shape index (κ3) is 3.60. The molecular formula is C17H19FN2O. The Bertz CT molecular complexity index is 627. The van der Waals surface area contributed by atoms with Crippen molar-refractivity contribution >= 4 is 11.6 Å². The van der Waals surface area contributed by atoms with Crippen LogP contribution < -0.4 is 10.6 Å². The summed E-state index contributed by atoms with van der Waals surface area (Å²) in [7, 11) is 1.83. The van der Waals surface area contributed by atoms with Crippen LogP contribution in [0.4, 0.5) is 10.1 Å². The first kappa shape index (κ1) is 15.0. The fourth-order valence-corrected chi connectivity index (χ4v) is 2.21. The molecular weight excluding hydrogens is 267 g/mol. The van der Waals surface area contributed by atoms with Crippen LogP contribution in [0.1, 0.15) is 27.0 Å². The molecule has 0 aliphatic carbocycles. The lowest BCUT2D eigenvalue weighted by atomic mass is 10.1. The van der Waals surface area contributed by atoms with E-state index in [9.17, 15) is 9.18 Å². The minimum Gasteiger partial charge on any atom is -0.388 e. The number of hydrogen-bond acceptors (Lipinski definition) is 2. The average Bonchev–Trinajstić information content (AvgIpc) is 2.50. The van der Waals surface area contributed by atoms with Gasteiger partial charge >= 0.3 is 0 Å². The van der Waals surface area contributed by atoms with Crippen LogP contribution in [-0.2, 0) is 6.54 Å². The quantitative estimate of drug-likeness (QED) is 0.904. The fraction of sp³-hybridized carbons (Fsp3) is 0.235. The maximum Gasteiger partial charge on any atom is 0.251 e. The Labute approximate surface area is 124 Å². The number of halogens is 1. The van der Waals surface area contributed by atoms with Crippen molar-refractivity contribution in [3.05, 3.63) is 64.5 Å². The van der Waals surface area contributed by atoms with Gasteiger partial charge in [0.25, 0.3) is 5.91 Å². The van der Waals surface area contributed by atoms with E-state index in [2.05, 4.69) is 10.6 Å². The number of carbonyl (C=O) groups excluding carboxylic acids is 1. The Kier molecular flexibility index (Phi) is 4.58. The highest BCUT2D eigenvalue weighted by Gasteiger charge is 2.07. The molecule has 0 aliphatic heterocycles. The van der Waals surface area contributed by atoms with Gasteiger partial charge in [-0.3, -0.25) is 4.79 Å². The molecule has 0 spiro atoms. The van der Waals surface area contributed by atoms with Gasteiger partial charge in [0.1, 0.15) is 5.82 Å². The molecule has 1 amide bonds. The first-order chi connectivity index (χ1) is 10.0. The number of amides is 1. The van der Waals surface area contributed by atoms with Crippen molar-refractivity contribution in [2.75, 3.05) is 12.4 Å². The number of aryl methyl sites for hydroxylation is 2. The van der Waals surface area contributed by atoms with E-state index in [1.54, 1.807) is 38.1 Å². The van der Waals surface area contributed by atoms with Crippen LogP contribution >= 0.6 is 0 Å². The van der Waals surface area contributed by atoms with Gasteiger partial charge in [-0.2, -0.15) is 0 Å². The van der Waals surface area contributed by atoms with E-state index in [-0.39, 0.29) is 11.7 Å². The Morgan fingerprint density at radius 2 is 1.67 bits per heavy atom. The molecule has 0 heterocycles. The van der Waals surface area contributed by atoms with E-state index in [1.165, 1.54) is 0 Å². The van der Waals surface area contributed by atoms with Crippen molar-refractivity contribution in [1.29, 1.82) is 0 Å². The molecule has 21 heavy (non-hydrogen) atoms. The highest BCUT2D eigenvalue weighted by atomic mass is 19.1. The highest BCUT2D eigenvalue weighted by Crippen LogP contribution is 2.15. The standard InChI is InChI=1S/C17H19FN2O/c1-11-8-13(9-12(2)16(11)18)10-20-17(21)14-4-6-15(19-3)7-5-14/h4-9,19H,10H2,1-3H3,(H,20,21). The summed E-state index contributed by atoms with van der Waals surface area (Å²) in [4.78, 5) is 12.0.